The Morgan fingerprint density at radius 3 is 2.17 bits per heavy atom. The number of nitrogen functional groups attached to an aromatic ring is 1. The lowest BCUT2D eigenvalue weighted by molar-refractivity contribution is -0.305. The van der Waals surface area contributed by atoms with Gasteiger partial charge in [0.15, 0.2) is 6.17 Å². The van der Waals surface area contributed by atoms with Gasteiger partial charge in [-0.15, -0.1) is 0 Å². The molecular weight excluding hydrogens is 264 g/mol. The number of hydrogen-bond donors (Lipinski definition) is 1. The van der Waals surface area contributed by atoms with Crippen molar-refractivity contribution >= 4 is 5.69 Å². The van der Waals surface area contributed by atoms with E-state index >= 15 is 0 Å². The van der Waals surface area contributed by atoms with E-state index in [1.165, 1.54) is 0 Å². The van der Waals surface area contributed by atoms with E-state index in [0.29, 0.717) is 6.07 Å². The highest BCUT2D eigenvalue weighted by Gasteiger charge is 2.63. The molecule has 0 aromatic heterocycles. The number of ether oxygens (including phenoxy) is 1. The van der Waals surface area contributed by atoms with Gasteiger partial charge in [0.05, 0.1) is 12.8 Å². The molecule has 18 heavy (non-hydrogen) atoms. The molecule has 0 spiro atoms. The van der Waals surface area contributed by atoms with Gasteiger partial charge in [0, 0.05) is 0 Å². The van der Waals surface area contributed by atoms with E-state index in [0.717, 1.165) is 19.2 Å². The molecule has 0 aliphatic rings. The molecule has 0 saturated heterocycles. The minimum atomic E-state index is -5.97. The molecule has 102 valence electrons. The van der Waals surface area contributed by atoms with Crippen LogP contribution >= 0.6 is 0 Å². The Hall–Kier alpha value is -1.60. The maximum Gasteiger partial charge on any atom is 0.456 e. The number of benzene rings is 1. The van der Waals surface area contributed by atoms with Gasteiger partial charge in [-0.2, -0.15) is 22.0 Å². The fraction of sp³-hybridized carbons (Fsp3) is 0.400. The largest absolute Gasteiger partial charge is 0.495 e. The smallest absolute Gasteiger partial charge is 0.456 e. The molecule has 0 saturated carbocycles. The van der Waals surface area contributed by atoms with Gasteiger partial charge in [0.2, 0.25) is 0 Å². The fourth-order valence-electron chi connectivity index (χ4n) is 1.24. The number of nitrogens with two attached hydrogens (primary N) is 1. The van der Waals surface area contributed by atoms with Crippen LogP contribution in [0.25, 0.3) is 0 Å². The molecule has 2 N–H and O–H groups in total. The first-order chi connectivity index (χ1) is 8.11. The number of halogens is 6. The number of methoxy groups -OCH3 is 1. The lowest BCUT2D eigenvalue weighted by Gasteiger charge is -2.23. The number of alkyl halides is 6. The molecule has 1 aromatic rings. The summed E-state index contributed by atoms with van der Waals surface area (Å²) in [5.41, 5.74) is 4.48. The van der Waals surface area contributed by atoms with Gasteiger partial charge >= 0.3 is 12.1 Å². The molecule has 0 radical (unpaired) electrons. The second-order valence-electron chi connectivity index (χ2n) is 3.48. The Bertz CT molecular complexity index is 431. The third-order valence-corrected chi connectivity index (χ3v) is 2.25. The molecule has 2 nitrogen and oxygen atoms in total. The summed E-state index contributed by atoms with van der Waals surface area (Å²) in [6.45, 7) is 0. The second kappa shape index (κ2) is 4.58. The molecule has 0 aliphatic heterocycles. The monoisotopic (exact) mass is 273 g/mol. The lowest BCUT2D eigenvalue weighted by Crippen LogP contribution is -2.40. The lowest BCUT2D eigenvalue weighted by atomic mass is 10.0. The van der Waals surface area contributed by atoms with Gasteiger partial charge in [-0.05, 0) is 17.7 Å². The van der Waals surface area contributed by atoms with Crippen LogP contribution in [-0.2, 0) is 0 Å². The summed E-state index contributed by atoms with van der Waals surface area (Å²) < 4.78 is 79.4. The maximum absolute atomic E-state index is 13.3. The molecule has 1 rings (SSSR count). The predicted molar refractivity (Wildman–Crippen MR) is 52.3 cm³/mol. The summed E-state index contributed by atoms with van der Waals surface area (Å²) in [7, 11) is 1.13. The van der Waals surface area contributed by atoms with Gasteiger partial charge in [0.1, 0.15) is 5.75 Å². The van der Waals surface area contributed by atoms with E-state index < -0.39 is 23.8 Å². The van der Waals surface area contributed by atoms with E-state index in [9.17, 15) is 26.3 Å². The summed E-state index contributed by atoms with van der Waals surface area (Å²) in [5.74, 6) is -5.65. The van der Waals surface area contributed by atoms with Crippen molar-refractivity contribution in [3.63, 3.8) is 0 Å². The van der Waals surface area contributed by atoms with Crippen LogP contribution in [-0.4, -0.2) is 19.2 Å². The van der Waals surface area contributed by atoms with E-state index in [4.69, 9.17) is 5.73 Å². The number of hydrogen-bond acceptors (Lipinski definition) is 2. The van der Waals surface area contributed by atoms with Crippen molar-refractivity contribution in [3.05, 3.63) is 23.8 Å². The minimum Gasteiger partial charge on any atom is -0.495 e. The van der Waals surface area contributed by atoms with E-state index in [1.54, 1.807) is 0 Å². The summed E-state index contributed by atoms with van der Waals surface area (Å²) >= 11 is 0. The maximum atomic E-state index is 13.3. The van der Waals surface area contributed by atoms with Crippen LogP contribution in [0.2, 0.25) is 0 Å². The standard InChI is InChI=1S/C10H9F6NO/c1-18-7-4-5(2-3-6(7)17)8(11)9(12,13)10(14,15)16/h2-4,8H,17H2,1H3. The Kier molecular flexibility index (Phi) is 3.68. The molecule has 1 unspecified atom stereocenters. The normalized spacial score (nSPS) is 14.4. The molecule has 0 fully saturated rings. The van der Waals surface area contributed by atoms with Crippen molar-refractivity contribution in [1.29, 1.82) is 0 Å². The average molecular weight is 273 g/mol. The van der Waals surface area contributed by atoms with Crippen molar-refractivity contribution in [2.24, 2.45) is 0 Å². The fourth-order valence-corrected chi connectivity index (χ4v) is 1.24. The topological polar surface area (TPSA) is 35.2 Å². The van der Waals surface area contributed by atoms with Crippen LogP contribution in [0.4, 0.5) is 32.0 Å². The van der Waals surface area contributed by atoms with Gasteiger partial charge in [-0.1, -0.05) is 6.07 Å². The van der Waals surface area contributed by atoms with Crippen LogP contribution in [0.15, 0.2) is 18.2 Å². The summed E-state index contributed by atoms with van der Waals surface area (Å²) in [5, 5.41) is 0. The van der Waals surface area contributed by atoms with Crippen LogP contribution in [0.5, 0.6) is 5.75 Å². The molecule has 0 heterocycles. The Morgan fingerprint density at radius 1 is 1.17 bits per heavy atom. The van der Waals surface area contributed by atoms with Gasteiger partial charge in [-0.3, -0.25) is 0 Å². The summed E-state index contributed by atoms with van der Waals surface area (Å²) in [6, 6.07) is 2.45. The SMILES string of the molecule is COc1cc(C(F)C(F)(F)C(F)(F)F)ccc1N. The molecule has 0 bridgehead atoms. The quantitative estimate of drug-likeness (QED) is 0.676. The number of anilines is 1. The third kappa shape index (κ3) is 2.46. The Morgan fingerprint density at radius 2 is 1.72 bits per heavy atom. The Labute approximate surface area is 98.3 Å². The number of rotatable bonds is 3. The van der Waals surface area contributed by atoms with Crippen molar-refractivity contribution in [3.8, 4) is 5.75 Å². The molecular formula is C10H9F6NO. The second-order valence-corrected chi connectivity index (χ2v) is 3.48. The van der Waals surface area contributed by atoms with Crippen LogP contribution in [0.1, 0.15) is 11.7 Å². The zero-order valence-electron chi connectivity index (χ0n) is 9.06. The van der Waals surface area contributed by atoms with Crippen molar-refractivity contribution in [2.45, 2.75) is 18.3 Å². The van der Waals surface area contributed by atoms with E-state index in [1.807, 2.05) is 0 Å². The van der Waals surface area contributed by atoms with Crippen molar-refractivity contribution in [1.82, 2.24) is 0 Å². The van der Waals surface area contributed by atoms with E-state index in [2.05, 4.69) is 4.74 Å². The average Bonchev–Trinajstić information content (AvgIpc) is 2.27. The summed E-state index contributed by atoms with van der Waals surface area (Å²) in [6.07, 6.45) is -9.49. The Balaban J connectivity index is 3.15. The van der Waals surface area contributed by atoms with Crippen molar-refractivity contribution in [2.75, 3.05) is 12.8 Å². The predicted octanol–water partition coefficient (Wildman–Crippen LogP) is 3.49. The van der Waals surface area contributed by atoms with Crippen LogP contribution in [0, 0.1) is 0 Å². The molecule has 8 heteroatoms. The highest BCUT2D eigenvalue weighted by atomic mass is 19.4. The first-order valence-corrected chi connectivity index (χ1v) is 4.63. The van der Waals surface area contributed by atoms with Gasteiger partial charge in [-0.25, -0.2) is 4.39 Å². The zero-order chi connectivity index (χ0) is 14.1. The van der Waals surface area contributed by atoms with Gasteiger partial charge < -0.3 is 10.5 Å². The molecule has 0 aliphatic carbocycles. The highest BCUT2D eigenvalue weighted by molar-refractivity contribution is 5.54. The first kappa shape index (κ1) is 14.5. The molecule has 1 atom stereocenters. The minimum absolute atomic E-state index is 0.00350. The third-order valence-electron chi connectivity index (χ3n) is 2.25. The molecule has 0 amide bonds. The van der Waals surface area contributed by atoms with E-state index in [-0.39, 0.29) is 11.4 Å². The highest BCUT2D eigenvalue weighted by Crippen LogP contribution is 2.47. The van der Waals surface area contributed by atoms with Crippen LogP contribution < -0.4 is 10.5 Å². The van der Waals surface area contributed by atoms with Gasteiger partial charge in [0.25, 0.3) is 0 Å². The summed E-state index contributed by atoms with van der Waals surface area (Å²) in [4.78, 5) is 0. The van der Waals surface area contributed by atoms with Crippen molar-refractivity contribution < 1.29 is 31.1 Å². The first-order valence-electron chi connectivity index (χ1n) is 4.63. The molecule has 1 aromatic carbocycles. The van der Waals surface area contributed by atoms with Crippen LogP contribution in [0.3, 0.4) is 0 Å². The zero-order valence-corrected chi connectivity index (χ0v) is 9.06.